The van der Waals surface area contributed by atoms with Gasteiger partial charge in [0.25, 0.3) is 0 Å². The van der Waals surface area contributed by atoms with Crippen LogP contribution in [0.2, 0.25) is 0 Å². The minimum Gasteiger partial charge on any atom is -0.371 e. The average Bonchev–Trinajstić information content (AvgIpc) is 3.15. The molecule has 0 bridgehead atoms. The Morgan fingerprint density at radius 1 is 1.09 bits per heavy atom. The van der Waals surface area contributed by atoms with Gasteiger partial charge in [-0.25, -0.2) is 27.2 Å². The van der Waals surface area contributed by atoms with E-state index in [1.54, 1.807) is 11.1 Å². The van der Waals surface area contributed by atoms with E-state index in [0.717, 1.165) is 12.3 Å². The van der Waals surface area contributed by atoms with Gasteiger partial charge in [0.1, 0.15) is 34.5 Å². The van der Waals surface area contributed by atoms with Crippen LogP contribution in [0.15, 0.2) is 29.4 Å². The number of rotatable bonds is 5. The van der Waals surface area contributed by atoms with Gasteiger partial charge in [0.2, 0.25) is 5.91 Å². The third kappa shape index (κ3) is 4.73. The molecule has 4 rings (SSSR count). The number of benzene rings is 1. The number of carbonyl (C=O) groups is 1. The Hall–Kier alpha value is -3.33. The van der Waals surface area contributed by atoms with Crippen LogP contribution in [0.25, 0.3) is 0 Å². The summed E-state index contributed by atoms with van der Waals surface area (Å²) in [4.78, 5) is 24.3. The normalized spacial score (nSPS) is 19.6. The molecule has 0 spiro atoms. The Labute approximate surface area is 190 Å². The molecular formula is C21H22F2N6O3S. The Kier molecular flexibility index (Phi) is 6.16. The topological polar surface area (TPSA) is 119 Å². The van der Waals surface area contributed by atoms with Crippen LogP contribution >= 0.6 is 0 Å². The number of sulfone groups is 1. The molecule has 174 valence electrons. The summed E-state index contributed by atoms with van der Waals surface area (Å²) in [7, 11) is -3.91. The number of halogens is 2. The maximum absolute atomic E-state index is 14.4. The number of nitrogens with one attached hydrogen (secondary N) is 1. The highest BCUT2D eigenvalue weighted by atomic mass is 32.2. The molecule has 1 aromatic heterocycles. The lowest BCUT2D eigenvalue weighted by Crippen LogP contribution is -2.47. The summed E-state index contributed by atoms with van der Waals surface area (Å²) in [5, 5.41) is 11.6. The van der Waals surface area contributed by atoms with Crippen LogP contribution in [-0.4, -0.2) is 67.2 Å². The summed E-state index contributed by atoms with van der Waals surface area (Å²) in [6.45, 7) is 1.82. The zero-order chi connectivity index (χ0) is 23.8. The van der Waals surface area contributed by atoms with Crippen molar-refractivity contribution in [3.8, 4) is 6.07 Å². The number of piperidine rings is 1. The number of carbonyl (C=O) groups excluding carboxylic acids is 1. The summed E-state index contributed by atoms with van der Waals surface area (Å²) >= 11 is 0. The van der Waals surface area contributed by atoms with Gasteiger partial charge < -0.3 is 15.1 Å². The van der Waals surface area contributed by atoms with Gasteiger partial charge in [-0.05, 0) is 25.3 Å². The molecule has 2 aromatic rings. The first-order valence-electron chi connectivity index (χ1n) is 10.4. The molecule has 0 radical (unpaired) electrons. The molecule has 1 unspecified atom stereocenters. The van der Waals surface area contributed by atoms with Crippen LogP contribution < -0.4 is 10.2 Å². The fraction of sp³-hybridized carbons (Fsp3) is 0.429. The summed E-state index contributed by atoms with van der Waals surface area (Å²) in [5.74, 6) is -1.52. The van der Waals surface area contributed by atoms with Gasteiger partial charge in [-0.3, -0.25) is 4.79 Å². The summed E-state index contributed by atoms with van der Waals surface area (Å²) in [6, 6.07) is 2.64. The van der Waals surface area contributed by atoms with E-state index < -0.39 is 32.4 Å². The van der Waals surface area contributed by atoms with E-state index >= 15 is 0 Å². The maximum atomic E-state index is 14.4. The molecule has 2 fully saturated rings. The van der Waals surface area contributed by atoms with Crippen LogP contribution in [0.5, 0.6) is 0 Å². The molecule has 3 heterocycles. The molecule has 1 atom stereocenters. The highest BCUT2D eigenvalue weighted by Crippen LogP contribution is 2.28. The van der Waals surface area contributed by atoms with E-state index in [9.17, 15) is 22.0 Å². The zero-order valence-corrected chi connectivity index (χ0v) is 18.6. The lowest BCUT2D eigenvalue weighted by atomic mass is 10.0. The molecule has 2 saturated heterocycles. The van der Waals surface area contributed by atoms with Gasteiger partial charge in [0.15, 0.2) is 15.5 Å². The van der Waals surface area contributed by atoms with Gasteiger partial charge in [0, 0.05) is 38.0 Å². The third-order valence-corrected chi connectivity index (χ3v) is 7.08. The fourth-order valence-electron chi connectivity index (χ4n) is 4.26. The van der Waals surface area contributed by atoms with Gasteiger partial charge in [0.05, 0.1) is 18.1 Å². The Morgan fingerprint density at radius 2 is 1.82 bits per heavy atom. The minimum atomic E-state index is -3.91. The second-order valence-corrected chi connectivity index (χ2v) is 10.1. The van der Waals surface area contributed by atoms with E-state index in [0.29, 0.717) is 50.8 Å². The standard InChI is InChI=1S/C21H22F2N6O3S/c1-33(31,32)19-9-15(22)18(8-16(19)23)27-17-4-7-29(21(17)30)14-2-5-28(6-3-14)20-12-25-13(10-24)11-26-20/h8-9,11-12,14,17,27H,2-7H2,1H3. The van der Waals surface area contributed by atoms with E-state index in [1.807, 2.05) is 11.0 Å². The van der Waals surface area contributed by atoms with E-state index in [4.69, 9.17) is 5.26 Å². The lowest BCUT2D eigenvalue weighted by Gasteiger charge is -2.37. The minimum absolute atomic E-state index is 0.0149. The second-order valence-electron chi connectivity index (χ2n) is 8.14. The summed E-state index contributed by atoms with van der Waals surface area (Å²) in [5.41, 5.74) is 0.00595. The number of nitriles is 1. The number of aromatic nitrogens is 2. The van der Waals surface area contributed by atoms with Crippen molar-refractivity contribution in [1.82, 2.24) is 14.9 Å². The number of hydrogen-bond donors (Lipinski definition) is 1. The number of amides is 1. The smallest absolute Gasteiger partial charge is 0.245 e. The van der Waals surface area contributed by atoms with E-state index in [2.05, 4.69) is 15.3 Å². The van der Waals surface area contributed by atoms with Crippen molar-refractivity contribution >= 4 is 27.2 Å². The highest BCUT2D eigenvalue weighted by Gasteiger charge is 2.37. The molecule has 33 heavy (non-hydrogen) atoms. The molecular weight excluding hydrogens is 454 g/mol. The van der Waals surface area contributed by atoms with Crippen molar-refractivity contribution < 1.29 is 22.0 Å². The van der Waals surface area contributed by atoms with Gasteiger partial charge >= 0.3 is 0 Å². The van der Waals surface area contributed by atoms with E-state index in [1.165, 1.54) is 6.20 Å². The number of anilines is 2. The molecule has 0 aliphatic carbocycles. The van der Waals surface area contributed by atoms with Crippen LogP contribution in [0, 0.1) is 23.0 Å². The van der Waals surface area contributed by atoms with Gasteiger partial charge in [-0.15, -0.1) is 0 Å². The number of likely N-dealkylation sites (tertiary alicyclic amines) is 1. The Bertz CT molecular complexity index is 1210. The Morgan fingerprint density at radius 3 is 2.42 bits per heavy atom. The van der Waals surface area contributed by atoms with Crippen molar-refractivity contribution in [3.63, 3.8) is 0 Å². The number of nitrogens with zero attached hydrogens (tertiary/aromatic N) is 5. The third-order valence-electron chi connectivity index (χ3n) is 5.97. The first-order chi connectivity index (χ1) is 15.7. The van der Waals surface area contributed by atoms with E-state index in [-0.39, 0.29) is 23.3 Å². The predicted molar refractivity (Wildman–Crippen MR) is 115 cm³/mol. The highest BCUT2D eigenvalue weighted by molar-refractivity contribution is 7.90. The fourth-order valence-corrected chi connectivity index (χ4v) is 4.99. The first-order valence-corrected chi connectivity index (χ1v) is 12.3. The summed E-state index contributed by atoms with van der Waals surface area (Å²) in [6.07, 6.45) is 5.64. The monoisotopic (exact) mass is 476 g/mol. The average molecular weight is 477 g/mol. The maximum Gasteiger partial charge on any atom is 0.245 e. The van der Waals surface area contributed by atoms with Gasteiger partial charge in [-0.1, -0.05) is 0 Å². The molecule has 12 heteroatoms. The van der Waals surface area contributed by atoms with Crippen LogP contribution in [0.4, 0.5) is 20.3 Å². The van der Waals surface area contributed by atoms with Crippen molar-refractivity contribution in [2.45, 2.75) is 36.2 Å². The molecule has 2 aliphatic rings. The SMILES string of the molecule is CS(=O)(=O)c1cc(F)c(NC2CCN(C3CCN(c4cnc(C#N)cn4)CC3)C2=O)cc1F. The Balaban J connectivity index is 1.38. The first kappa shape index (κ1) is 22.8. The zero-order valence-electron chi connectivity index (χ0n) is 17.8. The molecule has 2 aliphatic heterocycles. The van der Waals surface area contributed by atoms with Crippen molar-refractivity contribution in [1.29, 1.82) is 5.26 Å². The van der Waals surface area contributed by atoms with Crippen molar-refractivity contribution in [2.75, 3.05) is 36.1 Å². The van der Waals surface area contributed by atoms with Crippen LogP contribution in [0.1, 0.15) is 25.0 Å². The van der Waals surface area contributed by atoms with Gasteiger partial charge in [-0.2, -0.15) is 5.26 Å². The molecule has 1 N–H and O–H groups in total. The predicted octanol–water partition coefficient (Wildman–Crippen LogP) is 1.71. The molecule has 9 nitrogen and oxygen atoms in total. The van der Waals surface area contributed by atoms with Crippen LogP contribution in [-0.2, 0) is 14.6 Å². The quantitative estimate of drug-likeness (QED) is 0.693. The molecule has 0 saturated carbocycles. The van der Waals surface area contributed by atoms with Crippen molar-refractivity contribution in [3.05, 3.63) is 41.9 Å². The second kappa shape index (κ2) is 8.90. The number of hydrogen-bond acceptors (Lipinski definition) is 8. The van der Waals surface area contributed by atoms with Crippen molar-refractivity contribution in [2.24, 2.45) is 0 Å². The van der Waals surface area contributed by atoms with Crippen LogP contribution in [0.3, 0.4) is 0 Å². The molecule has 1 amide bonds. The lowest BCUT2D eigenvalue weighted by molar-refractivity contribution is -0.130. The summed E-state index contributed by atoms with van der Waals surface area (Å²) < 4.78 is 51.7. The largest absolute Gasteiger partial charge is 0.371 e. The molecule has 1 aromatic carbocycles.